The Labute approximate surface area is 94.3 Å². The third-order valence-corrected chi connectivity index (χ3v) is 6.65. The van der Waals surface area contributed by atoms with Crippen LogP contribution in [-0.2, 0) is 14.6 Å². The van der Waals surface area contributed by atoms with Gasteiger partial charge >= 0.3 is 0 Å². The van der Waals surface area contributed by atoms with Gasteiger partial charge in [0.15, 0.2) is 9.84 Å². The molecule has 4 nitrogen and oxygen atoms in total. The average molecular weight is 252 g/mol. The van der Waals surface area contributed by atoms with Crippen LogP contribution in [0.5, 0.6) is 0 Å². The molecule has 2 saturated heterocycles. The molecule has 2 aliphatic rings. The first-order valence-electron chi connectivity index (χ1n) is 5.13. The van der Waals surface area contributed by atoms with Crippen molar-refractivity contribution in [1.82, 2.24) is 0 Å². The molecular formula is C9H16O4S2. The Morgan fingerprint density at radius 1 is 1.33 bits per heavy atom. The topological polar surface area (TPSA) is 63.6 Å². The molecule has 0 bridgehead atoms. The van der Waals surface area contributed by atoms with Gasteiger partial charge in [0.25, 0.3) is 0 Å². The minimum absolute atomic E-state index is 0.0768. The highest BCUT2D eigenvalue weighted by Gasteiger charge is 2.39. The summed E-state index contributed by atoms with van der Waals surface area (Å²) in [6.07, 6.45) is 0.424. The van der Waals surface area contributed by atoms with Crippen molar-refractivity contribution in [2.75, 3.05) is 18.1 Å². The highest BCUT2D eigenvalue weighted by atomic mass is 32.2. The second-order valence-electron chi connectivity index (χ2n) is 4.22. The summed E-state index contributed by atoms with van der Waals surface area (Å²) in [5, 5.41) is 9.80. The first-order chi connectivity index (χ1) is 6.98. The SMILES string of the molecule is CC1OCCC1SC1CS(=O)(=O)CC1O. The van der Waals surface area contributed by atoms with Gasteiger partial charge in [-0.25, -0.2) is 8.42 Å². The van der Waals surface area contributed by atoms with Crippen molar-refractivity contribution in [3.05, 3.63) is 0 Å². The number of hydrogen-bond donors (Lipinski definition) is 1. The summed E-state index contributed by atoms with van der Waals surface area (Å²) < 4.78 is 28.0. The molecule has 0 amide bonds. The fourth-order valence-corrected chi connectivity index (χ4v) is 5.97. The molecule has 0 aliphatic carbocycles. The second-order valence-corrected chi connectivity index (χ2v) is 7.86. The summed E-state index contributed by atoms with van der Waals surface area (Å²) >= 11 is 1.58. The standard InChI is InChI=1S/C9H16O4S2/c1-6-8(2-3-13-6)14-9-5-15(11,12)4-7(9)10/h6-10H,2-5H2,1H3. The van der Waals surface area contributed by atoms with Crippen LogP contribution >= 0.6 is 11.8 Å². The maximum absolute atomic E-state index is 11.3. The quantitative estimate of drug-likeness (QED) is 0.752. The van der Waals surface area contributed by atoms with Gasteiger partial charge in [-0.1, -0.05) is 0 Å². The molecule has 0 spiro atoms. The zero-order chi connectivity index (χ0) is 11.1. The van der Waals surface area contributed by atoms with Gasteiger partial charge in [0.2, 0.25) is 0 Å². The molecule has 0 aromatic rings. The van der Waals surface area contributed by atoms with Crippen LogP contribution in [0.15, 0.2) is 0 Å². The van der Waals surface area contributed by atoms with Crippen LogP contribution in [0.4, 0.5) is 0 Å². The van der Waals surface area contributed by atoms with Gasteiger partial charge in [-0.15, -0.1) is 11.8 Å². The first-order valence-corrected chi connectivity index (χ1v) is 7.90. The molecule has 2 heterocycles. The normalized spacial score (nSPS) is 44.7. The monoisotopic (exact) mass is 252 g/mol. The summed E-state index contributed by atoms with van der Waals surface area (Å²) in [7, 11) is -3.02. The van der Waals surface area contributed by atoms with E-state index in [9.17, 15) is 13.5 Å². The van der Waals surface area contributed by atoms with Gasteiger partial charge in [-0.3, -0.25) is 0 Å². The summed E-state index contributed by atoms with van der Waals surface area (Å²) in [6.45, 7) is 2.74. The number of thioether (sulfide) groups is 1. The van der Waals surface area contributed by atoms with Crippen molar-refractivity contribution in [3.63, 3.8) is 0 Å². The highest BCUT2D eigenvalue weighted by molar-refractivity contribution is 8.02. The van der Waals surface area contributed by atoms with E-state index in [2.05, 4.69) is 0 Å². The lowest BCUT2D eigenvalue weighted by Crippen LogP contribution is -2.25. The zero-order valence-corrected chi connectivity index (χ0v) is 10.3. The van der Waals surface area contributed by atoms with Gasteiger partial charge in [0.1, 0.15) is 0 Å². The van der Waals surface area contributed by atoms with E-state index in [0.717, 1.165) is 13.0 Å². The molecule has 0 saturated carbocycles. The van der Waals surface area contributed by atoms with Crippen molar-refractivity contribution in [2.24, 2.45) is 0 Å². The number of hydrogen-bond acceptors (Lipinski definition) is 5. The minimum atomic E-state index is -3.02. The van der Waals surface area contributed by atoms with E-state index in [0.29, 0.717) is 5.25 Å². The molecule has 88 valence electrons. The number of aliphatic hydroxyl groups excluding tert-OH is 1. The molecule has 2 aliphatic heterocycles. The molecule has 1 N–H and O–H groups in total. The van der Waals surface area contributed by atoms with Crippen LogP contribution in [0.3, 0.4) is 0 Å². The van der Waals surface area contributed by atoms with E-state index in [4.69, 9.17) is 4.74 Å². The molecule has 4 unspecified atom stereocenters. The van der Waals surface area contributed by atoms with E-state index < -0.39 is 15.9 Å². The number of ether oxygens (including phenoxy) is 1. The van der Waals surface area contributed by atoms with Gasteiger partial charge in [-0.2, -0.15) is 0 Å². The molecule has 0 aromatic carbocycles. The summed E-state index contributed by atoms with van der Waals surface area (Å²) in [6, 6.07) is 0. The van der Waals surface area contributed by atoms with Gasteiger partial charge < -0.3 is 9.84 Å². The van der Waals surface area contributed by atoms with Gasteiger partial charge in [-0.05, 0) is 13.3 Å². The largest absolute Gasteiger partial charge is 0.391 e. The zero-order valence-electron chi connectivity index (χ0n) is 8.63. The lowest BCUT2D eigenvalue weighted by Gasteiger charge is -2.19. The number of rotatable bonds is 2. The van der Waals surface area contributed by atoms with E-state index in [1.165, 1.54) is 0 Å². The smallest absolute Gasteiger partial charge is 0.154 e. The summed E-state index contributed by atoms with van der Waals surface area (Å²) in [5.74, 6) is 0.0364. The number of sulfone groups is 1. The molecule has 2 fully saturated rings. The molecule has 2 rings (SSSR count). The fraction of sp³-hybridized carbons (Fsp3) is 1.00. The maximum Gasteiger partial charge on any atom is 0.154 e. The lowest BCUT2D eigenvalue weighted by atomic mass is 10.2. The Bertz CT molecular complexity index is 327. The molecule has 4 atom stereocenters. The van der Waals surface area contributed by atoms with Crippen molar-refractivity contribution < 1.29 is 18.3 Å². The Balaban J connectivity index is 1.95. The van der Waals surface area contributed by atoms with Crippen LogP contribution in [0.25, 0.3) is 0 Å². The third-order valence-electron chi connectivity index (χ3n) is 2.93. The highest BCUT2D eigenvalue weighted by Crippen LogP contribution is 2.34. The third kappa shape index (κ3) is 2.67. The molecule has 0 radical (unpaired) electrons. The summed E-state index contributed by atoms with van der Waals surface area (Å²) in [5.41, 5.74) is 0. The second kappa shape index (κ2) is 4.24. The van der Waals surface area contributed by atoms with Crippen molar-refractivity contribution >= 4 is 21.6 Å². The van der Waals surface area contributed by atoms with Crippen LogP contribution in [0.2, 0.25) is 0 Å². The molecule has 6 heteroatoms. The van der Waals surface area contributed by atoms with E-state index in [-0.39, 0.29) is 22.9 Å². The molecule has 0 aromatic heterocycles. The number of aliphatic hydroxyl groups is 1. The first kappa shape index (κ1) is 11.7. The predicted molar refractivity (Wildman–Crippen MR) is 59.9 cm³/mol. The fourth-order valence-electron chi connectivity index (χ4n) is 2.04. The van der Waals surface area contributed by atoms with E-state index >= 15 is 0 Å². The Hall–Kier alpha value is 0.220. The van der Waals surface area contributed by atoms with E-state index in [1.807, 2.05) is 6.92 Å². The Morgan fingerprint density at radius 2 is 2.07 bits per heavy atom. The van der Waals surface area contributed by atoms with Crippen LogP contribution in [-0.4, -0.2) is 54.3 Å². The van der Waals surface area contributed by atoms with Crippen molar-refractivity contribution in [2.45, 2.75) is 36.1 Å². The van der Waals surface area contributed by atoms with Crippen LogP contribution in [0, 0.1) is 0 Å². The Morgan fingerprint density at radius 3 is 2.53 bits per heavy atom. The Kier molecular flexibility index (Phi) is 3.30. The van der Waals surface area contributed by atoms with Crippen LogP contribution < -0.4 is 0 Å². The van der Waals surface area contributed by atoms with Gasteiger partial charge in [0.05, 0.1) is 23.7 Å². The average Bonchev–Trinajstić information content (AvgIpc) is 2.59. The molecular weight excluding hydrogens is 236 g/mol. The van der Waals surface area contributed by atoms with E-state index in [1.54, 1.807) is 11.8 Å². The summed E-state index contributed by atoms with van der Waals surface area (Å²) in [4.78, 5) is 0. The lowest BCUT2D eigenvalue weighted by molar-refractivity contribution is 0.127. The maximum atomic E-state index is 11.3. The van der Waals surface area contributed by atoms with Crippen LogP contribution in [0.1, 0.15) is 13.3 Å². The van der Waals surface area contributed by atoms with Gasteiger partial charge in [0, 0.05) is 17.1 Å². The predicted octanol–water partition coefficient (Wildman–Crippen LogP) is 0.0549. The minimum Gasteiger partial charge on any atom is -0.391 e. The van der Waals surface area contributed by atoms with Crippen molar-refractivity contribution in [1.29, 1.82) is 0 Å². The van der Waals surface area contributed by atoms with Crippen molar-refractivity contribution in [3.8, 4) is 0 Å². The molecule has 15 heavy (non-hydrogen) atoms.